The third-order valence-corrected chi connectivity index (χ3v) is 5.44. The molecule has 1 aromatic rings. The number of amidine groups is 1. The Balaban J connectivity index is 2.27. The van der Waals surface area contributed by atoms with Crippen molar-refractivity contribution >= 4 is 15.9 Å². The fourth-order valence-corrected chi connectivity index (χ4v) is 3.91. The van der Waals surface area contributed by atoms with Crippen molar-refractivity contribution in [2.24, 2.45) is 11.7 Å². The number of sulfonamides is 1. The van der Waals surface area contributed by atoms with Gasteiger partial charge in [0.25, 0.3) is 0 Å². The van der Waals surface area contributed by atoms with E-state index in [1.807, 2.05) is 0 Å². The van der Waals surface area contributed by atoms with Crippen LogP contribution in [-0.2, 0) is 10.0 Å². The van der Waals surface area contributed by atoms with Gasteiger partial charge in [0.15, 0.2) is 0 Å². The number of nitrogens with zero attached hydrogens (tertiary/aromatic N) is 1. The molecule has 7 heteroatoms. The van der Waals surface area contributed by atoms with Crippen molar-refractivity contribution in [3.05, 3.63) is 24.5 Å². The van der Waals surface area contributed by atoms with Crippen molar-refractivity contribution in [2.75, 3.05) is 0 Å². The number of pyridine rings is 1. The minimum absolute atomic E-state index is 0.0965. The van der Waals surface area contributed by atoms with E-state index in [9.17, 15) is 8.42 Å². The molecule has 1 aliphatic rings. The minimum Gasteiger partial charge on any atom is -0.386 e. The molecule has 1 heterocycles. The third-order valence-electron chi connectivity index (χ3n) is 3.92. The summed E-state index contributed by atoms with van der Waals surface area (Å²) in [5, 5.41) is 7.78. The smallest absolute Gasteiger partial charge is 0.243 e. The van der Waals surface area contributed by atoms with Crippen molar-refractivity contribution in [3.8, 4) is 0 Å². The summed E-state index contributed by atoms with van der Waals surface area (Å²) in [5.74, 6) is 0.419. The fraction of sp³-hybridized carbons (Fsp3) is 0.538. The van der Waals surface area contributed by atoms with Gasteiger partial charge in [0.1, 0.15) is 10.7 Å². The van der Waals surface area contributed by atoms with Gasteiger partial charge in [-0.25, -0.2) is 8.42 Å². The fourth-order valence-electron chi connectivity index (χ4n) is 2.50. The first-order chi connectivity index (χ1) is 9.36. The monoisotopic (exact) mass is 296 g/mol. The second kappa shape index (κ2) is 5.49. The molecule has 0 saturated heterocycles. The van der Waals surface area contributed by atoms with Gasteiger partial charge in [-0.15, -0.1) is 0 Å². The predicted octanol–water partition coefficient (Wildman–Crippen LogP) is 1.24. The van der Waals surface area contributed by atoms with E-state index in [0.29, 0.717) is 18.8 Å². The van der Waals surface area contributed by atoms with Gasteiger partial charge in [-0.2, -0.15) is 4.72 Å². The molecule has 0 spiro atoms. The Bertz CT molecular complexity index is 578. The lowest BCUT2D eigenvalue weighted by Crippen LogP contribution is -2.58. The van der Waals surface area contributed by atoms with Crippen LogP contribution in [0.4, 0.5) is 0 Å². The summed E-state index contributed by atoms with van der Waals surface area (Å²) in [6.45, 7) is 2.12. The summed E-state index contributed by atoms with van der Waals surface area (Å²) in [4.78, 5) is 3.92. The molecule has 0 bridgehead atoms. The Morgan fingerprint density at radius 2 is 2.15 bits per heavy atom. The first kappa shape index (κ1) is 14.9. The summed E-state index contributed by atoms with van der Waals surface area (Å²) in [6.07, 6.45) is 5.64. The molecule has 0 radical (unpaired) electrons. The summed E-state index contributed by atoms with van der Waals surface area (Å²) in [5.41, 5.74) is 4.72. The first-order valence-corrected chi connectivity index (χ1v) is 8.12. The highest BCUT2D eigenvalue weighted by Gasteiger charge is 2.40. The van der Waals surface area contributed by atoms with Crippen LogP contribution in [0, 0.1) is 11.3 Å². The Morgan fingerprint density at radius 1 is 1.50 bits per heavy atom. The second-order valence-electron chi connectivity index (χ2n) is 5.47. The van der Waals surface area contributed by atoms with Crippen molar-refractivity contribution in [2.45, 2.75) is 43.0 Å². The minimum atomic E-state index is -3.71. The van der Waals surface area contributed by atoms with Gasteiger partial charge >= 0.3 is 0 Å². The van der Waals surface area contributed by atoms with Crippen LogP contribution in [0.15, 0.2) is 29.4 Å². The number of hydrogen-bond donors (Lipinski definition) is 3. The summed E-state index contributed by atoms with van der Waals surface area (Å²) >= 11 is 0. The molecular weight excluding hydrogens is 276 g/mol. The molecule has 1 aliphatic carbocycles. The van der Waals surface area contributed by atoms with Crippen LogP contribution < -0.4 is 10.5 Å². The molecule has 1 aromatic heterocycles. The average Bonchev–Trinajstić information content (AvgIpc) is 2.42. The van der Waals surface area contributed by atoms with Crippen molar-refractivity contribution < 1.29 is 8.42 Å². The lowest BCUT2D eigenvalue weighted by Gasteiger charge is -2.38. The molecule has 0 atom stereocenters. The predicted molar refractivity (Wildman–Crippen MR) is 76.8 cm³/mol. The van der Waals surface area contributed by atoms with Crippen LogP contribution in [0.2, 0.25) is 0 Å². The molecule has 20 heavy (non-hydrogen) atoms. The zero-order chi connectivity index (χ0) is 14.8. The van der Waals surface area contributed by atoms with E-state index in [2.05, 4.69) is 16.6 Å². The van der Waals surface area contributed by atoms with Gasteiger partial charge in [0, 0.05) is 12.4 Å². The quantitative estimate of drug-likeness (QED) is 0.573. The highest BCUT2D eigenvalue weighted by Crippen LogP contribution is 2.33. The molecule has 0 aliphatic heterocycles. The van der Waals surface area contributed by atoms with E-state index in [4.69, 9.17) is 11.1 Å². The highest BCUT2D eigenvalue weighted by atomic mass is 32.2. The summed E-state index contributed by atoms with van der Waals surface area (Å²) in [7, 11) is -3.71. The lowest BCUT2D eigenvalue weighted by molar-refractivity contribution is 0.285. The summed E-state index contributed by atoms with van der Waals surface area (Å²) < 4.78 is 27.4. The number of nitrogens with one attached hydrogen (secondary N) is 2. The van der Waals surface area contributed by atoms with Crippen LogP contribution in [-0.4, -0.2) is 24.8 Å². The second-order valence-corrected chi connectivity index (χ2v) is 7.15. The molecular formula is C13H20N4O2S. The van der Waals surface area contributed by atoms with Crippen molar-refractivity contribution in [3.63, 3.8) is 0 Å². The number of aromatic nitrogens is 1. The summed E-state index contributed by atoms with van der Waals surface area (Å²) in [6, 6.07) is 3.05. The SMILES string of the molecule is CC1CCC(NS(=O)(=O)c2cccnc2)(C(=N)N)CC1. The van der Waals surface area contributed by atoms with E-state index < -0.39 is 15.6 Å². The van der Waals surface area contributed by atoms with Crippen LogP contribution in [0.25, 0.3) is 0 Å². The Hall–Kier alpha value is -1.47. The van der Waals surface area contributed by atoms with Crippen LogP contribution in [0.3, 0.4) is 0 Å². The highest BCUT2D eigenvalue weighted by molar-refractivity contribution is 7.89. The zero-order valence-corrected chi connectivity index (χ0v) is 12.3. The maximum atomic E-state index is 12.4. The van der Waals surface area contributed by atoms with E-state index in [-0.39, 0.29) is 10.7 Å². The molecule has 2 rings (SSSR count). The molecule has 0 amide bonds. The van der Waals surface area contributed by atoms with E-state index >= 15 is 0 Å². The van der Waals surface area contributed by atoms with Crippen molar-refractivity contribution in [1.29, 1.82) is 5.41 Å². The first-order valence-electron chi connectivity index (χ1n) is 6.64. The van der Waals surface area contributed by atoms with Gasteiger partial charge in [0.05, 0.1) is 5.54 Å². The largest absolute Gasteiger partial charge is 0.386 e. The maximum Gasteiger partial charge on any atom is 0.243 e. The molecule has 0 unspecified atom stereocenters. The van der Waals surface area contributed by atoms with Crippen molar-refractivity contribution in [1.82, 2.24) is 9.71 Å². The molecule has 0 aromatic carbocycles. The topological polar surface area (TPSA) is 109 Å². The van der Waals surface area contributed by atoms with E-state index in [1.165, 1.54) is 18.5 Å². The zero-order valence-electron chi connectivity index (χ0n) is 11.5. The van der Waals surface area contributed by atoms with Crippen LogP contribution >= 0.6 is 0 Å². The maximum absolute atomic E-state index is 12.4. The molecule has 110 valence electrons. The van der Waals surface area contributed by atoms with Gasteiger partial charge in [-0.1, -0.05) is 6.92 Å². The Labute approximate surface area is 119 Å². The standard InChI is InChI=1S/C13H20N4O2S/c1-10-4-6-13(7-5-10,12(14)15)17-20(18,19)11-3-2-8-16-9-11/h2-3,8-10,17H,4-7H2,1H3,(H3,14,15). The lowest BCUT2D eigenvalue weighted by atomic mass is 9.77. The molecule has 1 fully saturated rings. The van der Waals surface area contributed by atoms with Crippen LogP contribution in [0.5, 0.6) is 0 Å². The number of rotatable bonds is 4. The molecule has 6 nitrogen and oxygen atoms in total. The Kier molecular flexibility index (Phi) is 4.10. The van der Waals surface area contributed by atoms with E-state index in [0.717, 1.165) is 12.8 Å². The normalized spacial score (nSPS) is 27.1. The average molecular weight is 296 g/mol. The third kappa shape index (κ3) is 2.99. The Morgan fingerprint density at radius 3 is 2.65 bits per heavy atom. The van der Waals surface area contributed by atoms with Crippen LogP contribution in [0.1, 0.15) is 32.6 Å². The van der Waals surface area contributed by atoms with Gasteiger partial charge in [-0.05, 0) is 43.7 Å². The molecule has 1 saturated carbocycles. The van der Waals surface area contributed by atoms with Gasteiger partial charge in [0.2, 0.25) is 10.0 Å². The van der Waals surface area contributed by atoms with Gasteiger partial charge < -0.3 is 5.73 Å². The van der Waals surface area contributed by atoms with Gasteiger partial charge in [-0.3, -0.25) is 10.4 Å². The number of nitrogens with two attached hydrogens (primary N) is 1. The number of hydrogen-bond acceptors (Lipinski definition) is 4. The molecule has 4 N–H and O–H groups in total. The van der Waals surface area contributed by atoms with E-state index in [1.54, 1.807) is 6.07 Å².